The van der Waals surface area contributed by atoms with Crippen LogP contribution in [-0.4, -0.2) is 17.2 Å². The number of nitrogens with zero attached hydrogens (tertiary/aromatic N) is 1. The third-order valence-electron chi connectivity index (χ3n) is 2.25. The van der Waals surface area contributed by atoms with Crippen molar-refractivity contribution in [2.45, 2.75) is 12.3 Å². The highest BCUT2D eigenvalue weighted by Crippen LogP contribution is 2.37. The van der Waals surface area contributed by atoms with Crippen LogP contribution in [-0.2, 0) is 0 Å². The van der Waals surface area contributed by atoms with E-state index in [4.69, 9.17) is 0 Å². The highest BCUT2D eigenvalue weighted by molar-refractivity contribution is 7.99. The number of rotatable bonds is 2. The molecule has 82 valence electrons. The normalized spacial score (nSPS) is 26.5. The Balaban J connectivity index is 2.06. The molecule has 6 heteroatoms. The number of nitro groups is 1. The van der Waals surface area contributed by atoms with Gasteiger partial charge in [0.25, 0.3) is 0 Å². The van der Waals surface area contributed by atoms with Crippen molar-refractivity contribution in [3.8, 4) is 0 Å². The standard InChI is InChI=1S/C9H12N2O2S2/c1-6-4-10-9(14-5-6)7-2-3-8(15-7)11(12)13/h2-3,6,9-10H,4-5H2,1H3. The molecule has 0 radical (unpaired) electrons. The van der Waals surface area contributed by atoms with Crippen molar-refractivity contribution in [2.24, 2.45) is 5.92 Å². The fraction of sp³-hybridized carbons (Fsp3) is 0.556. The average Bonchev–Trinajstić information content (AvgIpc) is 2.68. The molecule has 15 heavy (non-hydrogen) atoms. The van der Waals surface area contributed by atoms with Crippen molar-refractivity contribution >= 4 is 28.1 Å². The van der Waals surface area contributed by atoms with Gasteiger partial charge in [-0.1, -0.05) is 18.3 Å². The Morgan fingerprint density at radius 2 is 2.40 bits per heavy atom. The number of nitrogens with one attached hydrogen (secondary N) is 1. The summed E-state index contributed by atoms with van der Waals surface area (Å²) in [6.07, 6.45) is 0. The highest BCUT2D eigenvalue weighted by Gasteiger charge is 2.22. The van der Waals surface area contributed by atoms with Crippen LogP contribution in [0.2, 0.25) is 0 Å². The summed E-state index contributed by atoms with van der Waals surface area (Å²) >= 11 is 3.09. The van der Waals surface area contributed by atoms with Crippen LogP contribution in [0.15, 0.2) is 12.1 Å². The molecule has 0 spiro atoms. The van der Waals surface area contributed by atoms with Crippen LogP contribution >= 0.6 is 23.1 Å². The zero-order valence-electron chi connectivity index (χ0n) is 8.30. The second-order valence-corrected chi connectivity index (χ2v) is 5.89. The van der Waals surface area contributed by atoms with Crippen LogP contribution in [0.3, 0.4) is 0 Å². The lowest BCUT2D eigenvalue weighted by molar-refractivity contribution is -0.380. The maximum absolute atomic E-state index is 10.5. The van der Waals surface area contributed by atoms with Gasteiger partial charge in [-0.2, -0.15) is 0 Å². The second kappa shape index (κ2) is 4.51. The second-order valence-electron chi connectivity index (χ2n) is 3.66. The molecule has 1 aromatic heterocycles. The zero-order chi connectivity index (χ0) is 10.8. The van der Waals surface area contributed by atoms with Crippen LogP contribution in [0.5, 0.6) is 0 Å². The predicted molar refractivity (Wildman–Crippen MR) is 63.3 cm³/mol. The van der Waals surface area contributed by atoms with Crippen molar-refractivity contribution in [1.82, 2.24) is 5.32 Å². The average molecular weight is 244 g/mol. The first-order valence-corrected chi connectivity index (χ1v) is 6.62. The van der Waals surface area contributed by atoms with Crippen LogP contribution < -0.4 is 5.32 Å². The van der Waals surface area contributed by atoms with E-state index < -0.39 is 0 Å². The molecule has 1 fully saturated rings. The summed E-state index contributed by atoms with van der Waals surface area (Å²) in [5.74, 6) is 1.80. The van der Waals surface area contributed by atoms with Gasteiger partial charge in [-0.15, -0.1) is 11.8 Å². The summed E-state index contributed by atoms with van der Waals surface area (Å²) in [6, 6.07) is 3.43. The number of hydrogen-bond donors (Lipinski definition) is 1. The van der Waals surface area contributed by atoms with Gasteiger partial charge in [-0.05, 0) is 24.3 Å². The van der Waals surface area contributed by atoms with Crippen molar-refractivity contribution in [3.63, 3.8) is 0 Å². The van der Waals surface area contributed by atoms with Gasteiger partial charge in [0.1, 0.15) is 0 Å². The molecule has 1 saturated heterocycles. The van der Waals surface area contributed by atoms with Crippen molar-refractivity contribution in [2.75, 3.05) is 12.3 Å². The molecular weight excluding hydrogens is 232 g/mol. The van der Waals surface area contributed by atoms with Crippen LogP contribution in [0.4, 0.5) is 5.00 Å². The Hall–Kier alpha value is -0.590. The molecule has 2 unspecified atom stereocenters. The van der Waals surface area contributed by atoms with Gasteiger partial charge >= 0.3 is 5.00 Å². The molecule has 0 bridgehead atoms. The lowest BCUT2D eigenvalue weighted by atomic mass is 10.2. The minimum absolute atomic E-state index is 0.228. The van der Waals surface area contributed by atoms with Gasteiger partial charge < -0.3 is 5.32 Å². The number of thioether (sulfide) groups is 1. The summed E-state index contributed by atoms with van der Waals surface area (Å²) in [7, 11) is 0. The molecule has 1 aliphatic heterocycles. The van der Waals surface area contributed by atoms with E-state index in [1.54, 1.807) is 6.07 Å². The Bertz CT molecular complexity index is 359. The molecule has 0 aromatic carbocycles. The van der Waals surface area contributed by atoms with Crippen molar-refractivity contribution in [3.05, 3.63) is 27.1 Å². The summed E-state index contributed by atoms with van der Waals surface area (Å²) < 4.78 is 0. The SMILES string of the molecule is CC1CNC(c2ccc([N+](=O)[O-])s2)SC1. The zero-order valence-corrected chi connectivity index (χ0v) is 9.94. The maximum atomic E-state index is 10.5. The van der Waals surface area contributed by atoms with Gasteiger partial charge in [0.05, 0.1) is 10.3 Å². The summed E-state index contributed by atoms with van der Waals surface area (Å²) in [5.41, 5.74) is 0. The molecule has 0 saturated carbocycles. The third kappa shape index (κ3) is 2.50. The first kappa shape index (κ1) is 10.9. The summed E-state index contributed by atoms with van der Waals surface area (Å²) in [6.45, 7) is 3.19. The Kier molecular flexibility index (Phi) is 3.28. The van der Waals surface area contributed by atoms with Gasteiger partial charge in [0.2, 0.25) is 0 Å². The molecule has 0 aliphatic carbocycles. The quantitative estimate of drug-likeness (QED) is 0.642. The van der Waals surface area contributed by atoms with Gasteiger partial charge in [0.15, 0.2) is 0 Å². The van der Waals surface area contributed by atoms with E-state index in [9.17, 15) is 10.1 Å². The Morgan fingerprint density at radius 3 is 2.93 bits per heavy atom. The fourth-order valence-corrected chi connectivity index (χ4v) is 3.67. The Morgan fingerprint density at radius 1 is 1.60 bits per heavy atom. The van der Waals surface area contributed by atoms with Crippen LogP contribution in [0.1, 0.15) is 17.2 Å². The van der Waals surface area contributed by atoms with E-state index in [2.05, 4.69) is 12.2 Å². The predicted octanol–water partition coefficient (Wildman–Crippen LogP) is 2.63. The van der Waals surface area contributed by atoms with Crippen LogP contribution in [0, 0.1) is 16.0 Å². The van der Waals surface area contributed by atoms with E-state index in [1.807, 2.05) is 17.8 Å². The molecule has 0 amide bonds. The highest BCUT2D eigenvalue weighted by atomic mass is 32.2. The molecule has 1 aromatic rings. The van der Waals surface area contributed by atoms with Crippen molar-refractivity contribution in [1.29, 1.82) is 0 Å². The lowest BCUT2D eigenvalue weighted by Gasteiger charge is -2.26. The molecule has 1 N–H and O–H groups in total. The number of thiophene rings is 1. The largest absolute Gasteiger partial charge is 0.324 e. The van der Waals surface area contributed by atoms with Crippen LogP contribution in [0.25, 0.3) is 0 Å². The minimum Gasteiger partial charge on any atom is -0.301 e. The van der Waals surface area contributed by atoms with Crippen molar-refractivity contribution < 1.29 is 4.92 Å². The van der Waals surface area contributed by atoms with E-state index in [0.717, 1.165) is 17.2 Å². The molecule has 2 atom stereocenters. The lowest BCUT2D eigenvalue weighted by Crippen LogP contribution is -2.30. The maximum Gasteiger partial charge on any atom is 0.324 e. The third-order valence-corrected chi connectivity index (χ3v) is 5.02. The monoisotopic (exact) mass is 244 g/mol. The van der Waals surface area contributed by atoms with E-state index >= 15 is 0 Å². The molecule has 1 aliphatic rings. The van der Waals surface area contributed by atoms with E-state index in [0.29, 0.717) is 5.92 Å². The minimum atomic E-state index is -0.329. The summed E-state index contributed by atoms with van der Waals surface area (Å²) in [5, 5.41) is 14.4. The molecular formula is C9H12N2O2S2. The van der Waals surface area contributed by atoms with Gasteiger partial charge in [0, 0.05) is 10.9 Å². The number of hydrogen-bond acceptors (Lipinski definition) is 5. The first-order valence-electron chi connectivity index (χ1n) is 4.76. The first-order chi connectivity index (χ1) is 7.16. The molecule has 4 nitrogen and oxygen atoms in total. The van der Waals surface area contributed by atoms with E-state index in [-0.39, 0.29) is 15.3 Å². The molecule has 2 heterocycles. The van der Waals surface area contributed by atoms with Gasteiger partial charge in [-0.3, -0.25) is 10.1 Å². The fourth-order valence-electron chi connectivity index (χ4n) is 1.45. The topological polar surface area (TPSA) is 55.2 Å². The molecule has 2 rings (SSSR count). The smallest absolute Gasteiger partial charge is 0.301 e. The summed E-state index contributed by atoms with van der Waals surface area (Å²) in [4.78, 5) is 11.3. The van der Waals surface area contributed by atoms with E-state index in [1.165, 1.54) is 11.3 Å². The Labute approximate surface area is 96.2 Å². The van der Waals surface area contributed by atoms with Gasteiger partial charge in [-0.25, -0.2) is 0 Å².